The highest BCUT2D eigenvalue weighted by Crippen LogP contribution is 2.32. The van der Waals surface area contributed by atoms with Gasteiger partial charge in [0.25, 0.3) is 5.91 Å². The molecule has 2 rings (SSSR count). The second-order valence-corrected chi connectivity index (χ2v) is 7.33. The monoisotopic (exact) mass is 467 g/mol. The molecule has 10 nitrogen and oxygen atoms in total. The zero-order valence-corrected chi connectivity index (χ0v) is 19.5. The normalized spacial score (nSPS) is 17.9. The number of allylic oxidation sites excluding steroid dienone is 1. The molecule has 1 amide bonds. The average molecular weight is 468 g/mol. The summed E-state index contributed by atoms with van der Waals surface area (Å²) in [5.74, 6) is -0.786. The number of methoxy groups -OCH3 is 3. The molecule has 1 aromatic carbocycles. The summed E-state index contributed by atoms with van der Waals surface area (Å²) in [6.07, 6.45) is 0.978. The van der Waals surface area contributed by atoms with Crippen LogP contribution in [0.25, 0.3) is 0 Å². The molecule has 0 spiro atoms. The van der Waals surface area contributed by atoms with Gasteiger partial charge in [-0.15, -0.1) is 0 Å². The van der Waals surface area contributed by atoms with Gasteiger partial charge in [0.2, 0.25) is 6.29 Å². The van der Waals surface area contributed by atoms with Crippen molar-refractivity contribution in [1.29, 1.82) is 0 Å². The first-order valence-electron chi connectivity index (χ1n) is 10.6. The van der Waals surface area contributed by atoms with Crippen molar-refractivity contribution in [1.82, 2.24) is 4.90 Å². The van der Waals surface area contributed by atoms with Crippen molar-refractivity contribution in [2.45, 2.75) is 24.9 Å². The van der Waals surface area contributed by atoms with E-state index in [1.807, 2.05) is 12.1 Å². The molecule has 1 aromatic rings. The van der Waals surface area contributed by atoms with Crippen LogP contribution in [0.5, 0.6) is 0 Å². The minimum Gasteiger partial charge on any atom is -0.465 e. The fourth-order valence-electron chi connectivity index (χ4n) is 3.27. The highest BCUT2D eigenvalue weighted by Gasteiger charge is 2.31. The largest absolute Gasteiger partial charge is 0.465 e. The standard InChI is InChI=1S/C23H33NO9/c1-24(15-21(28-2)29-3)22(26)19-13-18(14-20(33-19)32-12-11-31-10-9-25)16-5-7-17(8-6-16)23(27)30-4/h5-8,13,18,20-21,25H,9-12,14-15H2,1-4H3/t18-,20+/m1/s1. The Morgan fingerprint density at radius 1 is 1.12 bits per heavy atom. The molecule has 2 atom stereocenters. The Kier molecular flexibility index (Phi) is 11.3. The molecule has 0 fully saturated rings. The van der Waals surface area contributed by atoms with Crippen LogP contribution < -0.4 is 0 Å². The van der Waals surface area contributed by atoms with Crippen molar-refractivity contribution in [3.63, 3.8) is 0 Å². The predicted octanol–water partition coefficient (Wildman–Crippen LogP) is 1.29. The van der Waals surface area contributed by atoms with E-state index in [2.05, 4.69) is 0 Å². The third kappa shape index (κ3) is 8.09. The molecule has 1 heterocycles. The van der Waals surface area contributed by atoms with Gasteiger partial charge in [0.1, 0.15) is 0 Å². The minimum atomic E-state index is -0.675. The summed E-state index contributed by atoms with van der Waals surface area (Å²) in [4.78, 5) is 26.2. The van der Waals surface area contributed by atoms with Crippen molar-refractivity contribution in [3.05, 3.63) is 47.2 Å². The van der Waals surface area contributed by atoms with Crippen molar-refractivity contribution in [2.24, 2.45) is 0 Å². The lowest BCUT2D eigenvalue weighted by molar-refractivity contribution is -0.161. The summed E-state index contributed by atoms with van der Waals surface area (Å²) >= 11 is 0. The van der Waals surface area contributed by atoms with Crippen LogP contribution in [0.15, 0.2) is 36.1 Å². The van der Waals surface area contributed by atoms with Crippen LogP contribution in [-0.4, -0.2) is 95.8 Å². The maximum atomic E-state index is 13.0. The van der Waals surface area contributed by atoms with Crippen LogP contribution in [0.4, 0.5) is 0 Å². The predicted molar refractivity (Wildman–Crippen MR) is 117 cm³/mol. The average Bonchev–Trinajstić information content (AvgIpc) is 2.85. The Balaban J connectivity index is 2.17. The van der Waals surface area contributed by atoms with E-state index in [4.69, 9.17) is 33.5 Å². The Bertz CT molecular complexity index is 777. The first kappa shape index (κ1) is 26.7. The molecule has 0 radical (unpaired) electrons. The van der Waals surface area contributed by atoms with Gasteiger partial charge in [-0.25, -0.2) is 4.79 Å². The third-order valence-corrected chi connectivity index (χ3v) is 5.09. The molecule has 1 aliphatic rings. The van der Waals surface area contributed by atoms with E-state index in [-0.39, 0.29) is 50.6 Å². The number of rotatable bonds is 13. The number of aliphatic hydroxyl groups excluding tert-OH is 1. The van der Waals surface area contributed by atoms with Gasteiger partial charge in [0.15, 0.2) is 12.0 Å². The summed E-state index contributed by atoms with van der Waals surface area (Å²) in [6.45, 7) is 0.895. The van der Waals surface area contributed by atoms with Gasteiger partial charge in [0, 0.05) is 33.6 Å². The lowest BCUT2D eigenvalue weighted by Gasteiger charge is -2.31. The molecule has 1 aliphatic heterocycles. The molecular formula is C23H33NO9. The number of nitrogens with zero attached hydrogens (tertiary/aromatic N) is 1. The minimum absolute atomic E-state index is 0.0682. The summed E-state index contributed by atoms with van der Waals surface area (Å²) in [7, 11) is 5.96. The fraction of sp³-hybridized carbons (Fsp3) is 0.565. The SMILES string of the molecule is COC(=O)c1ccc([C@@H]2C=C(C(=O)N(C)CC(OC)OC)O[C@H](OCCOCCO)C2)cc1. The molecule has 10 heteroatoms. The number of aliphatic hydroxyl groups is 1. The van der Waals surface area contributed by atoms with E-state index in [0.29, 0.717) is 12.0 Å². The second-order valence-electron chi connectivity index (χ2n) is 7.33. The van der Waals surface area contributed by atoms with Crippen LogP contribution in [0.2, 0.25) is 0 Å². The van der Waals surface area contributed by atoms with Crippen LogP contribution in [-0.2, 0) is 33.2 Å². The van der Waals surface area contributed by atoms with Gasteiger partial charge in [-0.05, 0) is 23.8 Å². The molecule has 0 saturated carbocycles. The van der Waals surface area contributed by atoms with Crippen molar-refractivity contribution < 1.29 is 43.1 Å². The van der Waals surface area contributed by atoms with Gasteiger partial charge < -0.3 is 38.4 Å². The summed E-state index contributed by atoms with van der Waals surface area (Å²) < 4.78 is 31.9. The number of hydrogen-bond donors (Lipinski definition) is 1. The zero-order valence-electron chi connectivity index (χ0n) is 19.5. The molecule has 0 aliphatic carbocycles. The lowest BCUT2D eigenvalue weighted by Crippen LogP contribution is -2.39. The Hall–Kier alpha value is -2.50. The number of amides is 1. The van der Waals surface area contributed by atoms with Crippen LogP contribution in [0, 0.1) is 0 Å². The maximum absolute atomic E-state index is 13.0. The quantitative estimate of drug-likeness (QED) is 0.260. The molecule has 0 aromatic heterocycles. The van der Waals surface area contributed by atoms with E-state index in [1.165, 1.54) is 26.2 Å². The highest BCUT2D eigenvalue weighted by molar-refractivity contribution is 5.91. The van der Waals surface area contributed by atoms with Crippen molar-refractivity contribution >= 4 is 11.9 Å². The lowest BCUT2D eigenvalue weighted by atomic mass is 9.92. The van der Waals surface area contributed by atoms with Gasteiger partial charge in [-0.1, -0.05) is 12.1 Å². The highest BCUT2D eigenvalue weighted by atomic mass is 16.7. The van der Waals surface area contributed by atoms with E-state index < -0.39 is 18.5 Å². The summed E-state index contributed by atoms with van der Waals surface area (Å²) in [6, 6.07) is 6.99. The van der Waals surface area contributed by atoms with Crippen LogP contribution in [0.3, 0.4) is 0 Å². The van der Waals surface area contributed by atoms with E-state index in [0.717, 1.165) is 5.56 Å². The third-order valence-electron chi connectivity index (χ3n) is 5.09. The molecule has 0 unspecified atom stereocenters. The van der Waals surface area contributed by atoms with E-state index in [1.54, 1.807) is 25.3 Å². The van der Waals surface area contributed by atoms with Gasteiger partial charge in [-0.2, -0.15) is 0 Å². The molecule has 0 saturated heterocycles. The number of carbonyl (C=O) groups excluding carboxylic acids is 2. The number of carbonyl (C=O) groups is 2. The van der Waals surface area contributed by atoms with Gasteiger partial charge in [-0.3, -0.25) is 4.79 Å². The summed E-state index contributed by atoms with van der Waals surface area (Å²) in [5.41, 5.74) is 1.34. The first-order valence-corrected chi connectivity index (χ1v) is 10.6. The maximum Gasteiger partial charge on any atom is 0.337 e. The van der Waals surface area contributed by atoms with E-state index >= 15 is 0 Å². The fourth-order valence-corrected chi connectivity index (χ4v) is 3.27. The van der Waals surface area contributed by atoms with Gasteiger partial charge >= 0.3 is 5.97 Å². The molecule has 184 valence electrons. The Morgan fingerprint density at radius 3 is 2.42 bits per heavy atom. The van der Waals surface area contributed by atoms with E-state index in [9.17, 15) is 9.59 Å². The topological polar surface area (TPSA) is 113 Å². The summed E-state index contributed by atoms with van der Waals surface area (Å²) in [5, 5.41) is 8.80. The number of ether oxygens (including phenoxy) is 6. The molecular weight excluding hydrogens is 434 g/mol. The van der Waals surface area contributed by atoms with Crippen molar-refractivity contribution in [2.75, 3.05) is 61.3 Å². The molecule has 1 N–H and O–H groups in total. The van der Waals surface area contributed by atoms with Gasteiger partial charge in [0.05, 0.1) is 45.6 Å². The number of benzene rings is 1. The number of likely N-dealkylation sites (N-methyl/N-ethyl adjacent to an activating group) is 1. The second kappa shape index (κ2) is 13.9. The zero-order chi connectivity index (χ0) is 24.2. The Morgan fingerprint density at radius 2 is 1.82 bits per heavy atom. The first-order chi connectivity index (χ1) is 15.9. The molecule has 0 bridgehead atoms. The van der Waals surface area contributed by atoms with Crippen molar-refractivity contribution in [3.8, 4) is 0 Å². The molecule has 33 heavy (non-hydrogen) atoms. The smallest absolute Gasteiger partial charge is 0.337 e. The van der Waals surface area contributed by atoms with Crippen LogP contribution >= 0.6 is 0 Å². The number of hydrogen-bond acceptors (Lipinski definition) is 9. The van der Waals surface area contributed by atoms with Crippen LogP contribution in [0.1, 0.15) is 28.3 Å². The number of esters is 1. The Labute approximate surface area is 193 Å².